The fourth-order valence-corrected chi connectivity index (χ4v) is 5.08. The van der Waals surface area contributed by atoms with Gasteiger partial charge in [-0.1, -0.05) is 24.3 Å². The van der Waals surface area contributed by atoms with Crippen LogP contribution in [0.3, 0.4) is 0 Å². The first-order chi connectivity index (χ1) is 13.7. The van der Waals surface area contributed by atoms with Crippen LogP contribution in [-0.2, 0) is 38.5 Å². The van der Waals surface area contributed by atoms with Gasteiger partial charge >= 0.3 is 0 Å². The molecule has 0 bridgehead atoms. The van der Waals surface area contributed by atoms with Crippen molar-refractivity contribution in [2.24, 2.45) is 0 Å². The molecule has 2 aliphatic rings. The van der Waals surface area contributed by atoms with E-state index in [1.54, 1.807) is 0 Å². The molecule has 2 aliphatic carbocycles. The van der Waals surface area contributed by atoms with E-state index >= 15 is 0 Å². The highest BCUT2D eigenvalue weighted by molar-refractivity contribution is 5.85. The number of aryl methyl sites for hydroxylation is 2. The number of phenolic OH excluding ortho intramolecular Hbond substituents is 2. The highest BCUT2D eigenvalue weighted by Gasteiger charge is 2.27. The summed E-state index contributed by atoms with van der Waals surface area (Å²) in [7, 11) is 0. The third-order valence-corrected chi connectivity index (χ3v) is 6.38. The molecule has 0 unspecified atom stereocenters. The number of phenols is 2. The zero-order chi connectivity index (χ0) is 19.7. The van der Waals surface area contributed by atoms with Crippen LogP contribution in [0, 0.1) is 0 Å². The maximum atomic E-state index is 11.3. The van der Waals surface area contributed by atoms with Crippen LogP contribution >= 0.6 is 0 Å². The van der Waals surface area contributed by atoms with E-state index in [9.17, 15) is 10.2 Å². The fraction of sp³-hybridized carbons (Fsp3) is 0.385. The van der Waals surface area contributed by atoms with Crippen molar-refractivity contribution in [1.29, 1.82) is 0 Å². The Morgan fingerprint density at radius 3 is 1.46 bits per heavy atom. The second-order valence-corrected chi connectivity index (χ2v) is 8.19. The number of fused-ring (bicyclic) bond motifs is 2. The Kier molecular flexibility index (Phi) is 5.30. The van der Waals surface area contributed by atoms with Gasteiger partial charge in [-0.15, -0.1) is 13.2 Å². The second kappa shape index (κ2) is 7.87. The van der Waals surface area contributed by atoms with Gasteiger partial charge in [-0.3, -0.25) is 0 Å². The molecule has 0 spiro atoms. The van der Waals surface area contributed by atoms with Crippen LogP contribution in [-0.4, -0.2) is 10.2 Å². The summed E-state index contributed by atoms with van der Waals surface area (Å²) in [6.45, 7) is 7.85. The summed E-state index contributed by atoms with van der Waals surface area (Å²) >= 11 is 0. The predicted octanol–water partition coefficient (Wildman–Crippen LogP) is 5.98. The van der Waals surface area contributed by atoms with E-state index in [1.807, 2.05) is 12.2 Å². The number of allylic oxidation sites excluding steroid dienone is 2. The second-order valence-electron chi connectivity index (χ2n) is 8.19. The minimum absolute atomic E-state index is 0.366. The van der Waals surface area contributed by atoms with Gasteiger partial charge in [0, 0.05) is 11.1 Å². The lowest BCUT2D eigenvalue weighted by Crippen LogP contribution is -2.09. The van der Waals surface area contributed by atoms with Crippen LogP contribution in [0.4, 0.5) is 0 Å². The molecule has 4 rings (SSSR count). The first-order valence-electron chi connectivity index (χ1n) is 10.6. The summed E-state index contributed by atoms with van der Waals surface area (Å²) in [5.41, 5.74) is 8.38. The van der Waals surface area contributed by atoms with Gasteiger partial charge in [-0.2, -0.15) is 0 Å². The number of hydrogen-bond acceptors (Lipinski definition) is 2. The van der Waals surface area contributed by atoms with Crippen LogP contribution in [0.5, 0.6) is 11.5 Å². The summed E-state index contributed by atoms with van der Waals surface area (Å²) < 4.78 is 0. The SMILES string of the molecule is C=CCc1cc2c(c(O)c1-c1c(CC=C)cc3c(c1O)CCCC3)CCCC2. The number of hydrogen-bond donors (Lipinski definition) is 2. The van der Waals surface area contributed by atoms with E-state index in [2.05, 4.69) is 25.3 Å². The Hall–Kier alpha value is -2.48. The number of rotatable bonds is 5. The Balaban J connectivity index is 2.02. The fourth-order valence-electron chi connectivity index (χ4n) is 5.08. The third kappa shape index (κ3) is 3.15. The predicted molar refractivity (Wildman–Crippen MR) is 116 cm³/mol. The van der Waals surface area contributed by atoms with Crippen molar-refractivity contribution >= 4 is 0 Å². The Bertz CT molecular complexity index is 859. The standard InChI is InChI=1S/C26H30O2/c1-3-9-19-15-17-11-5-7-13-21(17)25(27)23(19)24-20(10-4-2)16-18-12-6-8-14-22(18)26(24)28/h3-4,15-16,27-28H,1-2,5-14H2. The number of benzene rings is 2. The molecule has 0 radical (unpaired) electrons. The summed E-state index contributed by atoms with van der Waals surface area (Å²) in [6.07, 6.45) is 13.5. The average Bonchev–Trinajstić information content (AvgIpc) is 2.70. The van der Waals surface area contributed by atoms with Crippen molar-refractivity contribution in [1.82, 2.24) is 0 Å². The van der Waals surface area contributed by atoms with E-state index < -0.39 is 0 Å². The molecule has 28 heavy (non-hydrogen) atoms. The van der Waals surface area contributed by atoms with Gasteiger partial charge in [0.05, 0.1) is 0 Å². The number of aromatic hydroxyl groups is 2. The molecule has 0 atom stereocenters. The van der Waals surface area contributed by atoms with Gasteiger partial charge in [-0.25, -0.2) is 0 Å². The molecule has 2 heteroatoms. The van der Waals surface area contributed by atoms with Crippen molar-refractivity contribution in [3.05, 3.63) is 70.8 Å². The molecule has 0 fully saturated rings. The van der Waals surface area contributed by atoms with Gasteiger partial charge in [0.25, 0.3) is 0 Å². The van der Waals surface area contributed by atoms with Crippen LogP contribution < -0.4 is 0 Å². The average molecular weight is 375 g/mol. The molecule has 0 heterocycles. The zero-order valence-corrected chi connectivity index (χ0v) is 16.7. The largest absolute Gasteiger partial charge is 0.507 e. The topological polar surface area (TPSA) is 40.5 Å². The summed E-state index contributed by atoms with van der Waals surface area (Å²) in [6, 6.07) is 4.48. The quantitative estimate of drug-likeness (QED) is 0.632. The van der Waals surface area contributed by atoms with Crippen LogP contribution in [0.25, 0.3) is 11.1 Å². The highest BCUT2D eigenvalue weighted by Crippen LogP contribution is 2.48. The molecule has 2 aromatic carbocycles. The lowest BCUT2D eigenvalue weighted by Gasteiger charge is -2.26. The molecule has 2 N–H and O–H groups in total. The van der Waals surface area contributed by atoms with Gasteiger partial charge in [-0.05, 0) is 97.6 Å². The molecule has 0 saturated carbocycles. The highest BCUT2D eigenvalue weighted by atomic mass is 16.3. The minimum atomic E-state index is 0.366. The monoisotopic (exact) mass is 374 g/mol. The van der Waals surface area contributed by atoms with Crippen LogP contribution in [0.1, 0.15) is 59.1 Å². The molecule has 0 aliphatic heterocycles. The van der Waals surface area contributed by atoms with Crippen molar-refractivity contribution in [3.8, 4) is 22.6 Å². The molecule has 146 valence electrons. The lowest BCUT2D eigenvalue weighted by molar-refractivity contribution is 0.454. The van der Waals surface area contributed by atoms with Gasteiger partial charge in [0.1, 0.15) is 11.5 Å². The van der Waals surface area contributed by atoms with Gasteiger partial charge < -0.3 is 10.2 Å². The van der Waals surface area contributed by atoms with E-state index in [1.165, 1.54) is 24.0 Å². The Labute approximate surface area is 168 Å². The van der Waals surface area contributed by atoms with Crippen molar-refractivity contribution in [2.45, 2.75) is 64.2 Å². The van der Waals surface area contributed by atoms with Gasteiger partial charge in [0.2, 0.25) is 0 Å². The summed E-state index contributed by atoms with van der Waals surface area (Å²) in [5, 5.41) is 22.7. The first kappa shape index (κ1) is 18.9. The summed E-state index contributed by atoms with van der Waals surface area (Å²) in [5.74, 6) is 0.732. The summed E-state index contributed by atoms with van der Waals surface area (Å²) in [4.78, 5) is 0. The normalized spacial score (nSPS) is 15.6. The maximum Gasteiger partial charge on any atom is 0.127 e. The first-order valence-corrected chi connectivity index (χ1v) is 10.6. The van der Waals surface area contributed by atoms with Crippen LogP contribution in [0.2, 0.25) is 0 Å². The third-order valence-electron chi connectivity index (χ3n) is 6.38. The van der Waals surface area contributed by atoms with Crippen LogP contribution in [0.15, 0.2) is 37.4 Å². The zero-order valence-electron chi connectivity index (χ0n) is 16.7. The van der Waals surface area contributed by atoms with Crippen molar-refractivity contribution in [3.63, 3.8) is 0 Å². The molecular formula is C26H30O2. The molecule has 2 aromatic rings. The maximum absolute atomic E-state index is 11.3. The Morgan fingerprint density at radius 1 is 0.679 bits per heavy atom. The smallest absolute Gasteiger partial charge is 0.127 e. The molecular weight excluding hydrogens is 344 g/mol. The van der Waals surface area contributed by atoms with E-state index in [0.29, 0.717) is 24.3 Å². The van der Waals surface area contributed by atoms with E-state index in [0.717, 1.165) is 71.9 Å². The molecule has 2 nitrogen and oxygen atoms in total. The molecule has 0 aromatic heterocycles. The lowest BCUT2D eigenvalue weighted by atomic mass is 9.80. The molecule has 0 amide bonds. The van der Waals surface area contributed by atoms with Crippen molar-refractivity contribution in [2.75, 3.05) is 0 Å². The van der Waals surface area contributed by atoms with Crippen molar-refractivity contribution < 1.29 is 10.2 Å². The van der Waals surface area contributed by atoms with Gasteiger partial charge in [0.15, 0.2) is 0 Å². The minimum Gasteiger partial charge on any atom is -0.507 e. The van der Waals surface area contributed by atoms with E-state index in [-0.39, 0.29) is 0 Å². The molecule has 0 saturated heterocycles. The van der Waals surface area contributed by atoms with E-state index in [4.69, 9.17) is 0 Å². The Morgan fingerprint density at radius 2 is 1.07 bits per heavy atom.